The first-order valence-electron chi connectivity index (χ1n) is 8.14. The van der Waals surface area contributed by atoms with Crippen molar-refractivity contribution in [3.8, 4) is 0 Å². The third kappa shape index (κ3) is 2.22. The van der Waals surface area contributed by atoms with Gasteiger partial charge in [-0.2, -0.15) is 0 Å². The SMILES string of the molecule is CNC1CC(OCCC2CCC2)C12CCCCC2. The van der Waals surface area contributed by atoms with Crippen LogP contribution in [0, 0.1) is 11.3 Å². The molecule has 3 aliphatic carbocycles. The van der Waals surface area contributed by atoms with Crippen LogP contribution in [0.2, 0.25) is 0 Å². The average molecular weight is 251 g/mol. The molecule has 2 unspecified atom stereocenters. The molecule has 0 bridgehead atoms. The molecule has 3 saturated carbocycles. The van der Waals surface area contributed by atoms with Crippen molar-refractivity contribution < 1.29 is 4.74 Å². The maximum Gasteiger partial charge on any atom is 0.0661 e. The molecule has 0 saturated heterocycles. The van der Waals surface area contributed by atoms with E-state index in [2.05, 4.69) is 12.4 Å². The van der Waals surface area contributed by atoms with Gasteiger partial charge < -0.3 is 10.1 Å². The van der Waals surface area contributed by atoms with E-state index in [0.29, 0.717) is 11.5 Å². The molecule has 18 heavy (non-hydrogen) atoms. The maximum absolute atomic E-state index is 6.27. The van der Waals surface area contributed by atoms with E-state index >= 15 is 0 Å². The summed E-state index contributed by atoms with van der Waals surface area (Å²) >= 11 is 0. The molecule has 3 fully saturated rings. The summed E-state index contributed by atoms with van der Waals surface area (Å²) in [6, 6.07) is 0.728. The second-order valence-corrected chi connectivity index (χ2v) is 6.82. The first-order valence-corrected chi connectivity index (χ1v) is 8.14. The molecule has 0 amide bonds. The molecule has 3 aliphatic rings. The average Bonchev–Trinajstić information content (AvgIpc) is 2.36. The van der Waals surface area contributed by atoms with Crippen LogP contribution in [0.3, 0.4) is 0 Å². The van der Waals surface area contributed by atoms with Gasteiger partial charge in [0.05, 0.1) is 6.10 Å². The lowest BCUT2D eigenvalue weighted by molar-refractivity contribution is -0.153. The Morgan fingerprint density at radius 2 is 1.89 bits per heavy atom. The number of nitrogens with one attached hydrogen (secondary N) is 1. The number of hydrogen-bond acceptors (Lipinski definition) is 2. The normalized spacial score (nSPS) is 35.2. The Morgan fingerprint density at radius 3 is 2.50 bits per heavy atom. The Balaban J connectivity index is 1.48. The molecule has 0 radical (unpaired) electrons. The minimum atomic E-state index is 0.507. The lowest BCUT2D eigenvalue weighted by Gasteiger charge is -2.57. The molecule has 3 rings (SSSR count). The highest BCUT2D eigenvalue weighted by molar-refractivity contribution is 5.08. The monoisotopic (exact) mass is 251 g/mol. The van der Waals surface area contributed by atoms with Crippen molar-refractivity contribution in [3.63, 3.8) is 0 Å². The molecule has 104 valence electrons. The van der Waals surface area contributed by atoms with E-state index in [9.17, 15) is 0 Å². The van der Waals surface area contributed by atoms with E-state index < -0.39 is 0 Å². The van der Waals surface area contributed by atoms with Gasteiger partial charge in [0.15, 0.2) is 0 Å². The number of rotatable bonds is 5. The highest BCUT2D eigenvalue weighted by atomic mass is 16.5. The largest absolute Gasteiger partial charge is 0.378 e. The molecule has 1 N–H and O–H groups in total. The highest BCUT2D eigenvalue weighted by Gasteiger charge is 2.54. The van der Waals surface area contributed by atoms with Crippen molar-refractivity contribution in [2.45, 2.75) is 76.4 Å². The van der Waals surface area contributed by atoms with E-state index in [0.717, 1.165) is 18.6 Å². The first-order chi connectivity index (χ1) is 8.85. The predicted molar refractivity (Wildman–Crippen MR) is 74.7 cm³/mol. The van der Waals surface area contributed by atoms with Crippen LogP contribution in [0.1, 0.15) is 64.2 Å². The minimum absolute atomic E-state index is 0.507. The van der Waals surface area contributed by atoms with Crippen LogP contribution in [0.25, 0.3) is 0 Å². The van der Waals surface area contributed by atoms with E-state index in [-0.39, 0.29) is 0 Å². The Kier molecular flexibility index (Phi) is 3.95. The van der Waals surface area contributed by atoms with Crippen LogP contribution in [-0.2, 0) is 4.74 Å². The summed E-state index contributed by atoms with van der Waals surface area (Å²) in [6.45, 7) is 1.02. The summed E-state index contributed by atoms with van der Waals surface area (Å²) in [6.07, 6.45) is 14.6. The number of hydrogen-bond donors (Lipinski definition) is 1. The molecule has 2 atom stereocenters. The van der Waals surface area contributed by atoms with Crippen LogP contribution >= 0.6 is 0 Å². The fourth-order valence-electron chi connectivity index (χ4n) is 4.43. The van der Waals surface area contributed by atoms with Gasteiger partial charge in [-0.15, -0.1) is 0 Å². The highest BCUT2D eigenvalue weighted by Crippen LogP contribution is 2.53. The smallest absolute Gasteiger partial charge is 0.0661 e. The lowest BCUT2D eigenvalue weighted by atomic mass is 9.55. The van der Waals surface area contributed by atoms with Gasteiger partial charge in [0.2, 0.25) is 0 Å². The zero-order chi connectivity index (χ0) is 12.4. The second-order valence-electron chi connectivity index (χ2n) is 6.82. The van der Waals surface area contributed by atoms with Gasteiger partial charge in [0.25, 0.3) is 0 Å². The van der Waals surface area contributed by atoms with E-state index in [4.69, 9.17) is 4.74 Å². The summed E-state index contributed by atoms with van der Waals surface area (Å²) in [4.78, 5) is 0. The first kappa shape index (κ1) is 12.9. The molecule has 1 spiro atoms. The molecule has 2 nitrogen and oxygen atoms in total. The third-order valence-corrected chi connectivity index (χ3v) is 5.99. The van der Waals surface area contributed by atoms with Crippen molar-refractivity contribution in [2.24, 2.45) is 11.3 Å². The lowest BCUT2D eigenvalue weighted by Crippen LogP contribution is -2.63. The fraction of sp³-hybridized carbons (Fsp3) is 1.00. The van der Waals surface area contributed by atoms with Crippen molar-refractivity contribution in [1.29, 1.82) is 0 Å². The molecule has 0 aliphatic heterocycles. The Hall–Kier alpha value is -0.0800. The second kappa shape index (κ2) is 5.50. The Labute approximate surface area is 112 Å². The summed E-state index contributed by atoms with van der Waals surface area (Å²) in [5.41, 5.74) is 0.507. The van der Waals surface area contributed by atoms with Crippen LogP contribution in [0.15, 0.2) is 0 Å². The van der Waals surface area contributed by atoms with Crippen molar-refractivity contribution in [3.05, 3.63) is 0 Å². The standard InChI is InChI=1S/C16H29NO/c1-17-14-12-15(16(14)9-3-2-4-10-16)18-11-8-13-6-5-7-13/h13-15,17H,2-12H2,1H3. The van der Waals surface area contributed by atoms with Crippen molar-refractivity contribution in [1.82, 2.24) is 5.32 Å². The van der Waals surface area contributed by atoms with Gasteiger partial charge in [0, 0.05) is 18.1 Å². The van der Waals surface area contributed by atoms with Gasteiger partial charge in [-0.25, -0.2) is 0 Å². The molecule has 0 aromatic heterocycles. The summed E-state index contributed by atoms with van der Waals surface area (Å²) < 4.78 is 6.27. The summed E-state index contributed by atoms with van der Waals surface area (Å²) in [5, 5.41) is 3.53. The molecule has 0 aromatic rings. The Morgan fingerprint density at radius 1 is 1.11 bits per heavy atom. The van der Waals surface area contributed by atoms with E-state index in [1.807, 2.05) is 0 Å². The van der Waals surface area contributed by atoms with Crippen LogP contribution < -0.4 is 5.32 Å². The van der Waals surface area contributed by atoms with E-state index in [1.54, 1.807) is 0 Å². The van der Waals surface area contributed by atoms with Crippen molar-refractivity contribution >= 4 is 0 Å². The van der Waals surface area contributed by atoms with Gasteiger partial charge in [-0.05, 0) is 38.6 Å². The molecule has 0 heterocycles. The van der Waals surface area contributed by atoms with Crippen LogP contribution in [0.5, 0.6) is 0 Å². The molecular weight excluding hydrogens is 222 g/mol. The zero-order valence-corrected chi connectivity index (χ0v) is 11.9. The van der Waals surface area contributed by atoms with E-state index in [1.165, 1.54) is 64.2 Å². The minimum Gasteiger partial charge on any atom is -0.378 e. The maximum atomic E-state index is 6.27. The molecular formula is C16H29NO. The van der Waals surface area contributed by atoms with Crippen LogP contribution in [-0.4, -0.2) is 25.8 Å². The van der Waals surface area contributed by atoms with Gasteiger partial charge in [0.1, 0.15) is 0 Å². The molecule has 0 aromatic carbocycles. The third-order valence-electron chi connectivity index (χ3n) is 5.99. The van der Waals surface area contributed by atoms with Gasteiger partial charge >= 0.3 is 0 Å². The fourth-order valence-corrected chi connectivity index (χ4v) is 4.43. The predicted octanol–water partition coefficient (Wildman–Crippen LogP) is 3.50. The Bertz CT molecular complexity index is 268. The van der Waals surface area contributed by atoms with Gasteiger partial charge in [-0.3, -0.25) is 0 Å². The number of ether oxygens (including phenoxy) is 1. The summed E-state index contributed by atoms with van der Waals surface area (Å²) in [5.74, 6) is 0.993. The van der Waals surface area contributed by atoms with Crippen molar-refractivity contribution in [2.75, 3.05) is 13.7 Å². The molecule has 2 heteroatoms. The topological polar surface area (TPSA) is 21.3 Å². The zero-order valence-electron chi connectivity index (χ0n) is 11.9. The summed E-state index contributed by atoms with van der Waals surface area (Å²) in [7, 11) is 2.13. The van der Waals surface area contributed by atoms with Gasteiger partial charge in [-0.1, -0.05) is 38.5 Å². The van der Waals surface area contributed by atoms with Crippen LogP contribution in [0.4, 0.5) is 0 Å². The quantitative estimate of drug-likeness (QED) is 0.807.